The standard InChI is InChI=1S/C17H18ClN3O2/c1-12-14(18)3-2-4-15(12)20-17(22)16-6-5-13(11-19-16)21-7-9-23-10-8-21/h2-6,11H,7-10H2,1H3,(H,20,22). The Hall–Kier alpha value is -2.11. The SMILES string of the molecule is Cc1c(Cl)cccc1NC(=O)c1ccc(N2CCOCC2)cn1. The molecule has 1 N–H and O–H groups in total. The zero-order chi connectivity index (χ0) is 16.2. The fourth-order valence-electron chi connectivity index (χ4n) is 2.46. The Kier molecular flexibility index (Phi) is 4.79. The Balaban J connectivity index is 1.71. The highest BCUT2D eigenvalue weighted by Gasteiger charge is 2.14. The highest BCUT2D eigenvalue weighted by Crippen LogP contribution is 2.23. The minimum atomic E-state index is -0.246. The van der Waals surface area contributed by atoms with Gasteiger partial charge in [0.05, 0.1) is 25.1 Å². The molecule has 6 heteroatoms. The molecule has 0 unspecified atom stereocenters. The normalized spacial score (nSPS) is 14.6. The highest BCUT2D eigenvalue weighted by molar-refractivity contribution is 6.31. The second-order valence-corrected chi connectivity index (χ2v) is 5.77. The Bertz CT molecular complexity index is 697. The van der Waals surface area contributed by atoms with E-state index in [1.54, 1.807) is 24.4 Å². The number of nitrogens with one attached hydrogen (secondary N) is 1. The summed E-state index contributed by atoms with van der Waals surface area (Å²) < 4.78 is 5.33. The lowest BCUT2D eigenvalue weighted by Crippen LogP contribution is -2.36. The molecule has 1 aromatic carbocycles. The largest absolute Gasteiger partial charge is 0.378 e. The summed E-state index contributed by atoms with van der Waals surface area (Å²) >= 11 is 6.07. The zero-order valence-electron chi connectivity index (χ0n) is 12.9. The van der Waals surface area contributed by atoms with Crippen LogP contribution in [0.3, 0.4) is 0 Å². The van der Waals surface area contributed by atoms with Crippen molar-refractivity contribution in [1.29, 1.82) is 0 Å². The average Bonchev–Trinajstić information content (AvgIpc) is 2.60. The van der Waals surface area contributed by atoms with Gasteiger partial charge in [0.2, 0.25) is 0 Å². The first-order valence-electron chi connectivity index (χ1n) is 7.50. The van der Waals surface area contributed by atoms with Gasteiger partial charge in [-0.1, -0.05) is 17.7 Å². The maximum Gasteiger partial charge on any atom is 0.274 e. The van der Waals surface area contributed by atoms with Crippen molar-refractivity contribution in [2.24, 2.45) is 0 Å². The van der Waals surface area contributed by atoms with Crippen LogP contribution in [0, 0.1) is 6.92 Å². The number of anilines is 2. The van der Waals surface area contributed by atoms with Gasteiger partial charge in [0.15, 0.2) is 0 Å². The fraction of sp³-hybridized carbons (Fsp3) is 0.294. The van der Waals surface area contributed by atoms with Gasteiger partial charge in [-0.05, 0) is 36.8 Å². The van der Waals surface area contributed by atoms with Gasteiger partial charge in [-0.15, -0.1) is 0 Å². The van der Waals surface area contributed by atoms with E-state index in [1.165, 1.54) is 0 Å². The third-order valence-corrected chi connectivity index (χ3v) is 4.28. The Morgan fingerprint density at radius 3 is 2.74 bits per heavy atom. The molecular weight excluding hydrogens is 314 g/mol. The van der Waals surface area contributed by atoms with Gasteiger partial charge in [-0.2, -0.15) is 0 Å². The summed E-state index contributed by atoms with van der Waals surface area (Å²) in [6.07, 6.45) is 1.73. The number of hydrogen-bond acceptors (Lipinski definition) is 4. The first-order valence-corrected chi connectivity index (χ1v) is 7.88. The van der Waals surface area contributed by atoms with E-state index in [0.29, 0.717) is 16.4 Å². The summed E-state index contributed by atoms with van der Waals surface area (Å²) in [6, 6.07) is 9.07. The molecule has 5 nitrogen and oxygen atoms in total. The predicted molar refractivity (Wildman–Crippen MR) is 91.4 cm³/mol. The molecule has 23 heavy (non-hydrogen) atoms. The third kappa shape index (κ3) is 3.63. The van der Waals surface area contributed by atoms with E-state index < -0.39 is 0 Å². The van der Waals surface area contributed by atoms with Crippen molar-refractivity contribution in [2.45, 2.75) is 6.92 Å². The number of halogens is 1. The van der Waals surface area contributed by atoms with E-state index in [4.69, 9.17) is 16.3 Å². The van der Waals surface area contributed by atoms with Crippen LogP contribution >= 0.6 is 11.6 Å². The van der Waals surface area contributed by atoms with Gasteiger partial charge in [-0.25, -0.2) is 4.98 Å². The van der Waals surface area contributed by atoms with Crippen LogP contribution in [-0.4, -0.2) is 37.2 Å². The summed E-state index contributed by atoms with van der Waals surface area (Å²) in [6.45, 7) is 4.99. The van der Waals surface area contributed by atoms with Crippen LogP contribution in [0.1, 0.15) is 16.1 Å². The molecule has 3 rings (SSSR count). The van der Waals surface area contributed by atoms with E-state index in [9.17, 15) is 4.79 Å². The van der Waals surface area contributed by atoms with E-state index in [0.717, 1.165) is 37.6 Å². The maximum absolute atomic E-state index is 12.3. The molecule has 1 aliphatic heterocycles. The number of ether oxygens (including phenoxy) is 1. The average molecular weight is 332 g/mol. The molecule has 0 spiro atoms. The van der Waals surface area contributed by atoms with Crippen molar-refractivity contribution < 1.29 is 9.53 Å². The molecule has 1 amide bonds. The van der Waals surface area contributed by atoms with Gasteiger partial charge in [-0.3, -0.25) is 4.79 Å². The van der Waals surface area contributed by atoms with Crippen LogP contribution in [0.5, 0.6) is 0 Å². The van der Waals surface area contributed by atoms with Crippen molar-refractivity contribution in [1.82, 2.24) is 4.98 Å². The lowest BCUT2D eigenvalue weighted by molar-refractivity contribution is 0.102. The fourth-order valence-corrected chi connectivity index (χ4v) is 2.63. The molecule has 1 aromatic heterocycles. The minimum absolute atomic E-state index is 0.246. The Labute approximate surface area is 140 Å². The molecule has 0 saturated carbocycles. The highest BCUT2D eigenvalue weighted by atomic mass is 35.5. The van der Waals surface area contributed by atoms with Crippen molar-refractivity contribution in [3.63, 3.8) is 0 Å². The van der Waals surface area contributed by atoms with Crippen LogP contribution in [0.2, 0.25) is 5.02 Å². The van der Waals surface area contributed by atoms with Crippen molar-refractivity contribution in [3.05, 3.63) is 52.8 Å². The van der Waals surface area contributed by atoms with Crippen molar-refractivity contribution >= 4 is 28.9 Å². The molecule has 1 saturated heterocycles. The number of hydrogen-bond donors (Lipinski definition) is 1. The lowest BCUT2D eigenvalue weighted by atomic mass is 10.2. The van der Waals surface area contributed by atoms with E-state index in [-0.39, 0.29) is 5.91 Å². The second-order valence-electron chi connectivity index (χ2n) is 5.37. The van der Waals surface area contributed by atoms with Crippen molar-refractivity contribution in [2.75, 3.05) is 36.5 Å². The molecular formula is C17H18ClN3O2. The molecule has 0 radical (unpaired) electrons. The quantitative estimate of drug-likeness (QED) is 0.938. The predicted octanol–water partition coefficient (Wildman–Crippen LogP) is 3.13. The number of rotatable bonds is 3. The van der Waals surface area contributed by atoms with E-state index in [1.807, 2.05) is 19.1 Å². The summed E-state index contributed by atoms with van der Waals surface area (Å²) in [5.41, 5.74) is 2.92. The number of carbonyl (C=O) groups is 1. The maximum atomic E-state index is 12.3. The second kappa shape index (κ2) is 6.98. The number of aromatic nitrogens is 1. The van der Waals surface area contributed by atoms with Gasteiger partial charge in [0, 0.05) is 23.8 Å². The van der Waals surface area contributed by atoms with Crippen LogP contribution in [0.25, 0.3) is 0 Å². The summed E-state index contributed by atoms with van der Waals surface area (Å²) in [5.74, 6) is -0.246. The number of carbonyl (C=O) groups excluding carboxylic acids is 1. The summed E-state index contributed by atoms with van der Waals surface area (Å²) in [4.78, 5) is 18.8. The smallest absolute Gasteiger partial charge is 0.274 e. The van der Waals surface area contributed by atoms with E-state index in [2.05, 4.69) is 15.2 Å². The Morgan fingerprint density at radius 2 is 2.04 bits per heavy atom. The zero-order valence-corrected chi connectivity index (χ0v) is 13.6. The van der Waals surface area contributed by atoms with Gasteiger partial charge >= 0.3 is 0 Å². The first-order chi connectivity index (χ1) is 11.1. The Morgan fingerprint density at radius 1 is 1.26 bits per heavy atom. The van der Waals surface area contributed by atoms with Crippen LogP contribution in [0.4, 0.5) is 11.4 Å². The monoisotopic (exact) mass is 331 g/mol. The van der Waals surface area contributed by atoms with Crippen LogP contribution in [0.15, 0.2) is 36.5 Å². The molecule has 0 bridgehead atoms. The topological polar surface area (TPSA) is 54.5 Å². The molecule has 0 aliphatic carbocycles. The van der Waals surface area contributed by atoms with E-state index >= 15 is 0 Å². The van der Waals surface area contributed by atoms with Gasteiger partial charge < -0.3 is 15.0 Å². The van der Waals surface area contributed by atoms with Crippen LogP contribution in [-0.2, 0) is 4.74 Å². The number of benzene rings is 1. The molecule has 120 valence electrons. The lowest BCUT2D eigenvalue weighted by Gasteiger charge is -2.28. The van der Waals surface area contributed by atoms with Gasteiger partial charge in [0.25, 0.3) is 5.91 Å². The third-order valence-electron chi connectivity index (χ3n) is 3.87. The molecule has 1 aliphatic rings. The van der Waals surface area contributed by atoms with Gasteiger partial charge in [0.1, 0.15) is 5.69 Å². The molecule has 2 heterocycles. The molecule has 0 atom stereocenters. The molecule has 1 fully saturated rings. The number of nitrogens with zero attached hydrogens (tertiary/aromatic N) is 2. The minimum Gasteiger partial charge on any atom is -0.378 e. The number of amides is 1. The van der Waals surface area contributed by atoms with Crippen molar-refractivity contribution in [3.8, 4) is 0 Å². The molecule has 2 aromatic rings. The summed E-state index contributed by atoms with van der Waals surface area (Å²) in [5, 5.41) is 3.47. The number of morpholine rings is 1. The summed E-state index contributed by atoms with van der Waals surface area (Å²) in [7, 11) is 0. The van der Waals surface area contributed by atoms with Crippen LogP contribution < -0.4 is 10.2 Å². The number of pyridine rings is 1. The first kappa shape index (κ1) is 15.8.